The molecule has 0 amide bonds. The van der Waals surface area contributed by atoms with Gasteiger partial charge in [0.1, 0.15) is 5.82 Å². The van der Waals surface area contributed by atoms with Gasteiger partial charge in [-0.2, -0.15) is 0 Å². The van der Waals surface area contributed by atoms with E-state index in [9.17, 15) is 0 Å². The maximum atomic E-state index is 6.39. The fourth-order valence-corrected chi connectivity index (χ4v) is 3.88. The number of fused-ring (bicyclic) bond motifs is 1. The molecule has 106 valence electrons. The number of aryl methyl sites for hydroxylation is 1. The average molecular weight is 289 g/mol. The van der Waals surface area contributed by atoms with Crippen molar-refractivity contribution in [3.63, 3.8) is 0 Å². The molecule has 1 aromatic carbocycles. The fraction of sp³-hybridized carbons (Fsp3) is 0.588. The van der Waals surface area contributed by atoms with Crippen molar-refractivity contribution in [3.8, 4) is 0 Å². The van der Waals surface area contributed by atoms with Gasteiger partial charge in [-0.25, -0.2) is 4.98 Å². The Morgan fingerprint density at radius 2 is 2.15 bits per heavy atom. The fourth-order valence-electron chi connectivity index (χ4n) is 3.71. The molecule has 0 saturated heterocycles. The zero-order valence-electron chi connectivity index (χ0n) is 12.2. The first kappa shape index (κ1) is 12.7. The normalized spacial score (nSPS) is 22.1. The summed E-state index contributed by atoms with van der Waals surface area (Å²) in [4.78, 5) is 4.80. The lowest BCUT2D eigenvalue weighted by Crippen LogP contribution is -2.16. The van der Waals surface area contributed by atoms with Crippen molar-refractivity contribution in [1.82, 2.24) is 9.55 Å². The number of halogens is 1. The number of para-hydroxylation sites is 1. The van der Waals surface area contributed by atoms with Gasteiger partial charge in [-0.3, -0.25) is 0 Å². The van der Waals surface area contributed by atoms with Crippen LogP contribution in [0, 0.1) is 18.3 Å². The van der Waals surface area contributed by atoms with Gasteiger partial charge in [-0.1, -0.05) is 12.1 Å². The predicted molar refractivity (Wildman–Crippen MR) is 83.1 cm³/mol. The third-order valence-corrected chi connectivity index (χ3v) is 5.36. The zero-order chi connectivity index (χ0) is 13.9. The lowest BCUT2D eigenvalue weighted by molar-refractivity contribution is 0.369. The number of imidazole rings is 1. The predicted octanol–water partition coefficient (Wildman–Crippen LogP) is 4.83. The Kier molecular flexibility index (Phi) is 2.69. The quantitative estimate of drug-likeness (QED) is 0.737. The maximum Gasteiger partial charge on any atom is 0.127 e. The molecule has 0 spiro atoms. The minimum absolute atomic E-state index is 0.0307. The third-order valence-electron chi connectivity index (χ3n) is 5.16. The van der Waals surface area contributed by atoms with E-state index in [0.29, 0.717) is 5.41 Å². The molecule has 2 aliphatic rings. The van der Waals surface area contributed by atoms with Crippen LogP contribution in [0.3, 0.4) is 0 Å². The summed E-state index contributed by atoms with van der Waals surface area (Å²) >= 11 is 6.39. The van der Waals surface area contributed by atoms with Crippen LogP contribution in [0.25, 0.3) is 11.0 Å². The van der Waals surface area contributed by atoms with Gasteiger partial charge in [0.2, 0.25) is 0 Å². The van der Waals surface area contributed by atoms with Gasteiger partial charge in [-0.15, -0.1) is 11.6 Å². The first-order valence-corrected chi connectivity index (χ1v) is 8.14. The Morgan fingerprint density at radius 3 is 2.75 bits per heavy atom. The molecular weight excluding hydrogens is 268 g/mol. The zero-order valence-corrected chi connectivity index (χ0v) is 13.0. The average Bonchev–Trinajstić information content (AvgIpc) is 3.27. The van der Waals surface area contributed by atoms with Crippen molar-refractivity contribution >= 4 is 22.6 Å². The summed E-state index contributed by atoms with van der Waals surface area (Å²) < 4.78 is 2.42. The highest BCUT2D eigenvalue weighted by atomic mass is 35.5. The Morgan fingerprint density at radius 1 is 1.40 bits per heavy atom. The molecule has 0 bridgehead atoms. The highest BCUT2D eigenvalue weighted by Gasteiger charge is 2.54. The second-order valence-corrected chi connectivity index (χ2v) is 7.41. The number of rotatable bonds is 4. The number of hydrogen-bond donors (Lipinski definition) is 0. The van der Waals surface area contributed by atoms with Crippen molar-refractivity contribution in [1.29, 1.82) is 0 Å². The molecule has 2 nitrogen and oxygen atoms in total. The van der Waals surface area contributed by atoms with Gasteiger partial charge in [0.25, 0.3) is 0 Å². The third kappa shape index (κ3) is 1.88. The summed E-state index contributed by atoms with van der Waals surface area (Å²) in [5.74, 6) is 2.00. The van der Waals surface area contributed by atoms with E-state index >= 15 is 0 Å². The SMILES string of the molecule is Cc1cccc2nc(C(C)Cl)n(CC3(C4CC4)CC3)c12. The van der Waals surface area contributed by atoms with E-state index in [2.05, 4.69) is 29.7 Å². The van der Waals surface area contributed by atoms with Crippen molar-refractivity contribution in [2.75, 3.05) is 0 Å². The molecule has 4 rings (SSSR count). The molecule has 2 aromatic rings. The van der Waals surface area contributed by atoms with Crippen LogP contribution in [-0.4, -0.2) is 9.55 Å². The van der Waals surface area contributed by atoms with E-state index in [1.807, 2.05) is 6.92 Å². The highest BCUT2D eigenvalue weighted by Crippen LogP contribution is 2.62. The van der Waals surface area contributed by atoms with Crippen molar-refractivity contribution < 1.29 is 0 Å². The van der Waals surface area contributed by atoms with Gasteiger partial charge in [0, 0.05) is 6.54 Å². The lowest BCUT2D eigenvalue weighted by Gasteiger charge is -2.19. The van der Waals surface area contributed by atoms with E-state index in [-0.39, 0.29) is 5.38 Å². The Labute approximate surface area is 125 Å². The van der Waals surface area contributed by atoms with Crippen LogP contribution in [0.5, 0.6) is 0 Å². The van der Waals surface area contributed by atoms with Gasteiger partial charge in [-0.05, 0) is 62.5 Å². The molecule has 0 N–H and O–H groups in total. The largest absolute Gasteiger partial charge is 0.326 e. The maximum absolute atomic E-state index is 6.39. The summed E-state index contributed by atoms with van der Waals surface area (Å²) in [6.45, 7) is 5.33. The molecule has 1 unspecified atom stereocenters. The van der Waals surface area contributed by atoms with Gasteiger partial charge < -0.3 is 4.57 Å². The highest BCUT2D eigenvalue weighted by molar-refractivity contribution is 6.20. The van der Waals surface area contributed by atoms with E-state index in [0.717, 1.165) is 23.8 Å². The molecule has 20 heavy (non-hydrogen) atoms. The summed E-state index contributed by atoms with van der Waals surface area (Å²) in [5.41, 5.74) is 4.27. The first-order chi connectivity index (χ1) is 9.61. The summed E-state index contributed by atoms with van der Waals surface area (Å²) in [6, 6.07) is 6.38. The Hall–Kier alpha value is -1.02. The van der Waals surface area contributed by atoms with Gasteiger partial charge in [0.15, 0.2) is 0 Å². The smallest absolute Gasteiger partial charge is 0.127 e. The minimum Gasteiger partial charge on any atom is -0.326 e. The molecule has 0 aliphatic heterocycles. The standard InChI is InChI=1S/C17H21ClN2/c1-11-4-3-5-14-15(11)20(16(19-14)12(2)18)10-17(8-9-17)13-6-7-13/h3-5,12-13H,6-10H2,1-2H3. The number of alkyl halides is 1. The molecule has 2 aliphatic carbocycles. The molecule has 3 heteroatoms. The summed E-state index contributed by atoms with van der Waals surface area (Å²) in [5, 5.41) is -0.0307. The van der Waals surface area contributed by atoms with Crippen LogP contribution in [0.4, 0.5) is 0 Å². The van der Waals surface area contributed by atoms with E-state index in [1.165, 1.54) is 36.8 Å². The molecule has 2 fully saturated rings. The van der Waals surface area contributed by atoms with Crippen LogP contribution < -0.4 is 0 Å². The second-order valence-electron chi connectivity index (χ2n) is 6.75. The number of hydrogen-bond acceptors (Lipinski definition) is 1. The molecular formula is C17H21ClN2. The van der Waals surface area contributed by atoms with Crippen LogP contribution >= 0.6 is 11.6 Å². The minimum atomic E-state index is -0.0307. The number of nitrogens with zero attached hydrogens (tertiary/aromatic N) is 2. The van der Waals surface area contributed by atoms with E-state index in [1.54, 1.807) is 0 Å². The molecule has 1 aromatic heterocycles. The molecule has 2 saturated carbocycles. The Balaban J connectivity index is 1.85. The summed E-state index contributed by atoms with van der Waals surface area (Å²) in [7, 11) is 0. The van der Waals surface area contributed by atoms with E-state index < -0.39 is 0 Å². The van der Waals surface area contributed by atoms with Gasteiger partial charge in [0.05, 0.1) is 16.4 Å². The summed E-state index contributed by atoms with van der Waals surface area (Å²) in [6.07, 6.45) is 5.63. The second kappa shape index (κ2) is 4.24. The number of benzene rings is 1. The topological polar surface area (TPSA) is 17.8 Å². The van der Waals surface area contributed by atoms with Crippen LogP contribution in [0.1, 0.15) is 49.4 Å². The molecule has 1 atom stereocenters. The molecule has 1 heterocycles. The number of aromatic nitrogens is 2. The van der Waals surface area contributed by atoms with E-state index in [4.69, 9.17) is 16.6 Å². The first-order valence-electron chi connectivity index (χ1n) is 7.70. The van der Waals surface area contributed by atoms with Crippen molar-refractivity contribution in [3.05, 3.63) is 29.6 Å². The Bertz CT molecular complexity index is 663. The van der Waals surface area contributed by atoms with Crippen LogP contribution in [0.2, 0.25) is 0 Å². The van der Waals surface area contributed by atoms with Crippen molar-refractivity contribution in [2.24, 2.45) is 11.3 Å². The monoisotopic (exact) mass is 288 g/mol. The van der Waals surface area contributed by atoms with Crippen LogP contribution in [0.15, 0.2) is 18.2 Å². The lowest BCUT2D eigenvalue weighted by atomic mass is 10.0. The van der Waals surface area contributed by atoms with Crippen molar-refractivity contribution in [2.45, 2.75) is 51.5 Å². The van der Waals surface area contributed by atoms with Crippen LogP contribution in [-0.2, 0) is 6.54 Å². The molecule has 0 radical (unpaired) electrons. The van der Waals surface area contributed by atoms with Gasteiger partial charge >= 0.3 is 0 Å².